The predicted octanol–water partition coefficient (Wildman–Crippen LogP) is -1.05. The van der Waals surface area contributed by atoms with Crippen molar-refractivity contribution in [1.29, 1.82) is 0 Å². The van der Waals surface area contributed by atoms with E-state index >= 15 is 0 Å². The molecule has 13 nitrogen and oxygen atoms in total. The third-order valence-electron chi connectivity index (χ3n) is 4.62. The van der Waals surface area contributed by atoms with Gasteiger partial charge in [0, 0.05) is 0 Å². The first-order valence-corrected chi connectivity index (χ1v) is 11.9. The normalized spacial score (nSPS) is 16.5. The third-order valence-corrected chi connectivity index (χ3v) is 5.56. The van der Waals surface area contributed by atoms with Crippen molar-refractivity contribution in [1.82, 2.24) is 10.0 Å². The Balaban J connectivity index is 1.82. The van der Waals surface area contributed by atoms with Crippen LogP contribution in [0.5, 0.6) is 11.5 Å². The maximum absolute atomic E-state index is 12.9. The molecule has 2 aromatic carbocycles. The minimum absolute atomic E-state index is 0.00871. The molecule has 2 atom stereocenters. The Labute approximate surface area is 189 Å². The van der Waals surface area contributed by atoms with Crippen LogP contribution < -0.4 is 24.4 Å². The molecule has 8 N–H and O–H groups in total. The van der Waals surface area contributed by atoms with Gasteiger partial charge < -0.3 is 34.4 Å². The molecule has 1 aliphatic rings. The molecule has 0 radical (unpaired) electrons. The molecule has 16 heteroatoms. The minimum atomic E-state index is -4.34. The molecule has 33 heavy (non-hydrogen) atoms. The fourth-order valence-electron chi connectivity index (χ4n) is 3.23. The summed E-state index contributed by atoms with van der Waals surface area (Å²) in [7, 11) is -8.62. The van der Waals surface area contributed by atoms with E-state index in [1.165, 1.54) is 36.4 Å². The highest BCUT2D eigenvalue weighted by molar-refractivity contribution is 7.87. The van der Waals surface area contributed by atoms with Crippen LogP contribution in [0, 0.1) is 0 Å². The molecule has 0 bridgehead atoms. The molecule has 0 saturated heterocycles. The summed E-state index contributed by atoms with van der Waals surface area (Å²) in [5.74, 6) is -3.12. The maximum Gasteiger partial charge on any atom is 0.547 e. The van der Waals surface area contributed by atoms with Gasteiger partial charge in [-0.3, -0.25) is 4.79 Å². The second-order valence-corrected chi connectivity index (χ2v) is 8.95. The van der Waals surface area contributed by atoms with Gasteiger partial charge in [-0.15, -0.1) is 0 Å². The van der Waals surface area contributed by atoms with Crippen LogP contribution in [-0.2, 0) is 21.4 Å². The summed E-state index contributed by atoms with van der Waals surface area (Å²) in [6.45, 7) is 0. The van der Waals surface area contributed by atoms with Crippen molar-refractivity contribution in [3.05, 3.63) is 59.2 Å². The van der Waals surface area contributed by atoms with Crippen LogP contribution in [-0.4, -0.2) is 53.3 Å². The smallest absolute Gasteiger partial charge is 0.534 e. The molecule has 2 aromatic rings. The molecule has 0 aliphatic carbocycles. The average molecular weight is 499 g/mol. The lowest BCUT2D eigenvalue weighted by Crippen LogP contribution is -2.55. The van der Waals surface area contributed by atoms with Crippen molar-refractivity contribution in [3.8, 4) is 11.5 Å². The zero-order valence-corrected chi connectivity index (χ0v) is 18.4. The molecular formula is C17H19BN3O10PS. The number of aromatic carboxylic acids is 1. The summed E-state index contributed by atoms with van der Waals surface area (Å²) in [6.07, 6.45) is 0.00871. The van der Waals surface area contributed by atoms with E-state index in [0.717, 1.165) is 0 Å². The molecule has 0 fully saturated rings. The Bertz CT molecular complexity index is 1150. The van der Waals surface area contributed by atoms with Crippen LogP contribution in [0.1, 0.15) is 27.5 Å². The summed E-state index contributed by atoms with van der Waals surface area (Å²) in [4.78, 5) is 42.1. The van der Waals surface area contributed by atoms with E-state index < -0.39 is 49.8 Å². The fourth-order valence-corrected chi connectivity index (χ4v) is 4.12. The number of carboxylic acid groups (broad SMARTS) is 1. The Kier molecular flexibility index (Phi) is 7.54. The molecular weight excluding hydrogens is 480 g/mol. The average Bonchev–Trinajstić information content (AvgIpc) is 2.71. The predicted molar refractivity (Wildman–Crippen MR) is 115 cm³/mol. The fraction of sp³-hybridized carbons (Fsp3) is 0.176. The number of hydrogen-bond donors (Lipinski definition) is 7. The number of amides is 1. The van der Waals surface area contributed by atoms with Gasteiger partial charge in [0.2, 0.25) is 5.91 Å². The highest BCUT2D eigenvalue weighted by atomic mass is 32.2. The zero-order chi connectivity index (χ0) is 24.3. The second kappa shape index (κ2) is 10.0. The highest BCUT2D eigenvalue weighted by Gasteiger charge is 2.39. The van der Waals surface area contributed by atoms with E-state index in [2.05, 4.69) is 5.32 Å². The van der Waals surface area contributed by atoms with Gasteiger partial charge in [0.25, 0.3) is 10.2 Å². The van der Waals surface area contributed by atoms with Gasteiger partial charge in [-0.2, -0.15) is 13.1 Å². The number of para-hydroxylation sites is 1. The first-order valence-electron chi connectivity index (χ1n) is 9.20. The van der Waals surface area contributed by atoms with Crippen molar-refractivity contribution in [2.24, 2.45) is 5.14 Å². The van der Waals surface area contributed by atoms with Crippen LogP contribution in [0.15, 0.2) is 42.5 Å². The van der Waals surface area contributed by atoms with E-state index in [9.17, 15) is 28.1 Å². The van der Waals surface area contributed by atoms with Gasteiger partial charge in [-0.25, -0.2) is 9.93 Å². The monoisotopic (exact) mass is 499 g/mol. The molecule has 3 rings (SSSR count). The number of benzene rings is 2. The van der Waals surface area contributed by atoms with Gasteiger partial charge in [0.15, 0.2) is 0 Å². The van der Waals surface area contributed by atoms with Gasteiger partial charge in [0.1, 0.15) is 17.5 Å². The molecule has 0 aromatic heterocycles. The van der Waals surface area contributed by atoms with Crippen LogP contribution >= 0.6 is 8.60 Å². The lowest BCUT2D eigenvalue weighted by molar-refractivity contribution is -0.123. The van der Waals surface area contributed by atoms with E-state index in [1.54, 1.807) is 6.07 Å². The van der Waals surface area contributed by atoms with E-state index in [1.807, 2.05) is 4.72 Å². The summed E-state index contributed by atoms with van der Waals surface area (Å²) in [6, 6.07) is 8.03. The Hall–Kier alpha value is -2.78. The van der Waals surface area contributed by atoms with Crippen molar-refractivity contribution in [3.63, 3.8) is 0 Å². The zero-order valence-electron chi connectivity index (χ0n) is 16.7. The SMILES string of the molecule is NS(=O)(=O)NC(C(=O)N[C@H]1Cc2cccc(C(=O)O)c2OB1O)c1ccc(OP(O)O)cc1. The number of carbonyl (C=O) groups excluding carboxylic acids is 1. The lowest BCUT2D eigenvalue weighted by Gasteiger charge is -2.30. The van der Waals surface area contributed by atoms with Crippen LogP contribution in [0.2, 0.25) is 0 Å². The molecule has 1 aliphatic heterocycles. The molecule has 1 amide bonds. The van der Waals surface area contributed by atoms with Crippen LogP contribution in [0.4, 0.5) is 0 Å². The summed E-state index contributed by atoms with van der Waals surface area (Å²) >= 11 is 0. The number of carboxylic acids is 1. The van der Waals surface area contributed by atoms with E-state index in [-0.39, 0.29) is 29.0 Å². The highest BCUT2D eigenvalue weighted by Crippen LogP contribution is 2.31. The summed E-state index contributed by atoms with van der Waals surface area (Å²) < 4.78 is 35.3. The van der Waals surface area contributed by atoms with Crippen molar-refractivity contribution < 1.29 is 47.1 Å². The minimum Gasteiger partial charge on any atom is -0.534 e. The standard InChI is InChI=1S/C17H19BN3O10PS/c19-33(28,29)21-14(9-4-6-11(7-5-9)31-32(26)27)16(22)20-13-8-10-2-1-3-12(17(23)24)15(10)30-18(13)25/h1-7,13-14,21,25-27H,8H2,(H,20,22)(H,23,24)(H2,19,28,29)/t13-,14?/m0/s1. The van der Waals surface area contributed by atoms with Crippen molar-refractivity contribution >= 4 is 37.8 Å². The largest absolute Gasteiger partial charge is 0.547 e. The lowest BCUT2D eigenvalue weighted by atomic mass is 9.72. The molecule has 1 heterocycles. The summed E-state index contributed by atoms with van der Waals surface area (Å²) in [5.41, 5.74) is 0.406. The molecule has 0 spiro atoms. The summed E-state index contributed by atoms with van der Waals surface area (Å²) in [5, 5.41) is 27.1. The molecule has 176 valence electrons. The quantitative estimate of drug-likeness (QED) is 0.173. The number of fused-ring (bicyclic) bond motifs is 1. The van der Waals surface area contributed by atoms with Crippen LogP contribution in [0.25, 0.3) is 0 Å². The van der Waals surface area contributed by atoms with Crippen molar-refractivity contribution in [2.75, 3.05) is 0 Å². The number of carbonyl (C=O) groups is 2. The number of nitrogens with one attached hydrogen (secondary N) is 2. The van der Waals surface area contributed by atoms with E-state index in [4.69, 9.17) is 24.1 Å². The van der Waals surface area contributed by atoms with Crippen LogP contribution in [0.3, 0.4) is 0 Å². The van der Waals surface area contributed by atoms with Crippen molar-refractivity contribution in [2.45, 2.75) is 18.4 Å². The number of nitrogens with two attached hydrogens (primary N) is 1. The van der Waals surface area contributed by atoms with Gasteiger partial charge >= 0.3 is 21.7 Å². The van der Waals surface area contributed by atoms with Gasteiger partial charge in [-0.1, -0.05) is 24.3 Å². The van der Waals surface area contributed by atoms with Gasteiger partial charge in [0.05, 0.1) is 11.5 Å². The third kappa shape index (κ3) is 6.39. The number of rotatable bonds is 8. The first kappa shape index (κ1) is 24.9. The van der Waals surface area contributed by atoms with E-state index in [0.29, 0.717) is 5.56 Å². The maximum atomic E-state index is 12.9. The number of hydrogen-bond acceptors (Lipinski definition) is 9. The Morgan fingerprint density at radius 3 is 2.45 bits per heavy atom. The molecule has 1 unspecified atom stereocenters. The Morgan fingerprint density at radius 1 is 1.21 bits per heavy atom. The topological polar surface area (TPSA) is 218 Å². The second-order valence-electron chi connectivity index (χ2n) is 6.94. The van der Waals surface area contributed by atoms with Gasteiger partial charge in [-0.05, 0) is 35.7 Å². The molecule has 0 saturated carbocycles. The first-order chi connectivity index (χ1) is 15.4. The Morgan fingerprint density at radius 2 is 1.88 bits per heavy atom.